The fourth-order valence-electron chi connectivity index (χ4n) is 1.63. The smallest absolute Gasteiger partial charge is 0.266 e. The first-order valence-corrected chi connectivity index (χ1v) is 6.17. The number of anilines is 2. The maximum atomic E-state index is 11.9. The van der Waals surface area contributed by atoms with Crippen LogP contribution < -0.4 is 10.5 Å². The second-order valence-corrected chi connectivity index (χ2v) is 5.10. The van der Waals surface area contributed by atoms with Crippen molar-refractivity contribution < 1.29 is 8.42 Å². The van der Waals surface area contributed by atoms with Crippen molar-refractivity contribution >= 4 is 21.8 Å². The van der Waals surface area contributed by atoms with Crippen molar-refractivity contribution in [2.45, 2.75) is 4.90 Å². The number of aromatic nitrogens is 3. The number of fused-ring (bicyclic) bond motifs is 3. The quantitative estimate of drug-likeness (QED) is 0.691. The summed E-state index contributed by atoms with van der Waals surface area (Å²) in [5.74, 6) is 0.272. The van der Waals surface area contributed by atoms with Crippen LogP contribution >= 0.6 is 0 Å². The Morgan fingerprint density at radius 3 is 2.94 bits per heavy atom. The molecule has 7 nitrogen and oxygen atoms in total. The van der Waals surface area contributed by atoms with E-state index in [-0.39, 0.29) is 22.4 Å². The van der Waals surface area contributed by atoms with Gasteiger partial charge in [-0.05, 0) is 12.1 Å². The molecular formula is C9H7N5O2S. The minimum atomic E-state index is -3.67. The average Bonchev–Trinajstić information content (AvgIpc) is 2.28. The Labute approximate surface area is 96.8 Å². The molecule has 1 aliphatic heterocycles. The van der Waals surface area contributed by atoms with Crippen LogP contribution in [0.1, 0.15) is 0 Å². The van der Waals surface area contributed by atoms with E-state index in [1.165, 1.54) is 12.4 Å². The maximum Gasteiger partial charge on any atom is 0.266 e. The molecule has 0 fully saturated rings. The molecule has 2 aromatic rings. The Morgan fingerprint density at radius 2 is 2.12 bits per heavy atom. The molecule has 0 aliphatic carbocycles. The van der Waals surface area contributed by atoms with Gasteiger partial charge in [0.15, 0.2) is 0 Å². The molecule has 0 spiro atoms. The van der Waals surface area contributed by atoms with Crippen LogP contribution in [0.15, 0.2) is 29.4 Å². The number of nitrogens with two attached hydrogens (primary N) is 1. The average molecular weight is 249 g/mol. The van der Waals surface area contributed by atoms with Crippen LogP contribution in [0.3, 0.4) is 0 Å². The lowest BCUT2D eigenvalue weighted by atomic mass is 10.2. The zero-order chi connectivity index (χ0) is 12.0. The minimum absolute atomic E-state index is 0.00667. The third-order valence-electron chi connectivity index (χ3n) is 2.36. The number of nitrogens with zero attached hydrogens (tertiary/aromatic N) is 3. The number of rotatable bonds is 0. The number of hydrogen-bond acceptors (Lipinski definition) is 6. The summed E-state index contributed by atoms with van der Waals surface area (Å²) < 4.78 is 26.1. The van der Waals surface area contributed by atoms with E-state index in [0.29, 0.717) is 5.56 Å². The Kier molecular flexibility index (Phi) is 1.84. The van der Waals surface area contributed by atoms with Crippen LogP contribution in [0.2, 0.25) is 0 Å². The van der Waals surface area contributed by atoms with Crippen molar-refractivity contribution in [2.24, 2.45) is 0 Å². The summed E-state index contributed by atoms with van der Waals surface area (Å²) in [5.41, 5.74) is 6.34. The Morgan fingerprint density at radius 1 is 1.29 bits per heavy atom. The highest BCUT2D eigenvalue weighted by Crippen LogP contribution is 2.35. The molecule has 0 radical (unpaired) electrons. The van der Waals surface area contributed by atoms with E-state index >= 15 is 0 Å². The minimum Gasteiger partial charge on any atom is -0.368 e. The standard InChI is InChI=1S/C9H7N5O2S/c10-9-12-4-6-7(13-9)5-2-1-3-11-8(5)14-17(6,15)16/h1-4H,(H,11,14)(H2,10,12,13). The molecule has 0 amide bonds. The van der Waals surface area contributed by atoms with Crippen LogP contribution in [0.25, 0.3) is 11.3 Å². The van der Waals surface area contributed by atoms with E-state index in [9.17, 15) is 8.42 Å². The highest BCUT2D eigenvalue weighted by atomic mass is 32.2. The van der Waals surface area contributed by atoms with E-state index in [1.54, 1.807) is 12.1 Å². The molecule has 0 bridgehead atoms. The Bertz CT molecular complexity index is 713. The molecule has 86 valence electrons. The second kappa shape index (κ2) is 3.14. The molecule has 2 aromatic heterocycles. The van der Waals surface area contributed by atoms with E-state index in [0.717, 1.165) is 0 Å². The van der Waals surface area contributed by atoms with Gasteiger partial charge in [-0.25, -0.2) is 23.4 Å². The van der Waals surface area contributed by atoms with E-state index in [1.807, 2.05) is 0 Å². The number of sulfonamides is 1. The van der Waals surface area contributed by atoms with Crippen molar-refractivity contribution in [3.63, 3.8) is 0 Å². The Hall–Kier alpha value is -2.22. The molecule has 0 atom stereocenters. The van der Waals surface area contributed by atoms with Crippen molar-refractivity contribution in [3.8, 4) is 11.3 Å². The molecule has 0 unspecified atom stereocenters. The van der Waals surface area contributed by atoms with Gasteiger partial charge in [0.2, 0.25) is 5.95 Å². The second-order valence-electron chi connectivity index (χ2n) is 3.45. The van der Waals surface area contributed by atoms with Crippen molar-refractivity contribution in [3.05, 3.63) is 24.5 Å². The zero-order valence-electron chi connectivity index (χ0n) is 8.45. The van der Waals surface area contributed by atoms with Crippen LogP contribution in [-0.4, -0.2) is 23.4 Å². The topological polar surface area (TPSA) is 111 Å². The molecule has 3 rings (SSSR count). The van der Waals surface area contributed by atoms with Crippen LogP contribution in [0.5, 0.6) is 0 Å². The van der Waals surface area contributed by atoms with Gasteiger partial charge in [-0.1, -0.05) is 0 Å². The number of hydrogen-bond donors (Lipinski definition) is 2. The molecule has 1 aliphatic rings. The summed E-state index contributed by atoms with van der Waals surface area (Å²) in [5, 5.41) is 0. The first kappa shape index (κ1) is 9.97. The fraction of sp³-hybridized carbons (Fsp3) is 0. The SMILES string of the molecule is Nc1ncc2c(n1)-c1cccnc1NS2(=O)=O. The number of pyridine rings is 1. The van der Waals surface area contributed by atoms with Gasteiger partial charge in [0, 0.05) is 11.8 Å². The molecule has 0 saturated carbocycles. The van der Waals surface area contributed by atoms with Gasteiger partial charge in [-0.2, -0.15) is 0 Å². The van der Waals surface area contributed by atoms with Crippen LogP contribution in [0, 0.1) is 0 Å². The molecule has 0 aromatic carbocycles. The number of nitrogen functional groups attached to an aromatic ring is 1. The van der Waals surface area contributed by atoms with Gasteiger partial charge in [0.05, 0.1) is 6.20 Å². The maximum absolute atomic E-state index is 11.9. The van der Waals surface area contributed by atoms with Gasteiger partial charge >= 0.3 is 0 Å². The third kappa shape index (κ3) is 1.41. The summed E-state index contributed by atoms with van der Waals surface area (Å²) in [6.07, 6.45) is 2.69. The Balaban J connectivity index is 2.42. The van der Waals surface area contributed by atoms with Gasteiger partial charge in [-0.3, -0.25) is 4.72 Å². The van der Waals surface area contributed by atoms with Crippen molar-refractivity contribution in [2.75, 3.05) is 10.5 Å². The van der Waals surface area contributed by atoms with Crippen LogP contribution in [-0.2, 0) is 10.0 Å². The predicted molar refractivity (Wildman–Crippen MR) is 60.5 cm³/mol. The first-order chi connectivity index (χ1) is 8.08. The monoisotopic (exact) mass is 249 g/mol. The first-order valence-electron chi connectivity index (χ1n) is 4.69. The summed E-state index contributed by atoms with van der Waals surface area (Å²) in [4.78, 5) is 11.6. The van der Waals surface area contributed by atoms with Crippen molar-refractivity contribution in [1.29, 1.82) is 0 Å². The van der Waals surface area contributed by atoms with Gasteiger partial charge in [-0.15, -0.1) is 0 Å². The molecule has 0 saturated heterocycles. The van der Waals surface area contributed by atoms with Gasteiger partial charge in [0.1, 0.15) is 16.4 Å². The van der Waals surface area contributed by atoms with E-state index < -0.39 is 10.0 Å². The zero-order valence-corrected chi connectivity index (χ0v) is 9.27. The highest BCUT2D eigenvalue weighted by Gasteiger charge is 2.29. The molecular weight excluding hydrogens is 242 g/mol. The van der Waals surface area contributed by atoms with Gasteiger partial charge < -0.3 is 5.73 Å². The van der Waals surface area contributed by atoms with E-state index in [2.05, 4.69) is 19.7 Å². The largest absolute Gasteiger partial charge is 0.368 e. The summed E-state index contributed by atoms with van der Waals surface area (Å²) >= 11 is 0. The lowest BCUT2D eigenvalue weighted by Gasteiger charge is -2.18. The normalized spacial score (nSPS) is 15.5. The van der Waals surface area contributed by atoms with E-state index in [4.69, 9.17) is 5.73 Å². The summed E-state index contributed by atoms with van der Waals surface area (Å²) in [6.45, 7) is 0. The van der Waals surface area contributed by atoms with Crippen molar-refractivity contribution in [1.82, 2.24) is 15.0 Å². The third-order valence-corrected chi connectivity index (χ3v) is 3.70. The fourth-order valence-corrected chi connectivity index (χ4v) is 2.76. The van der Waals surface area contributed by atoms with Gasteiger partial charge in [0.25, 0.3) is 10.0 Å². The van der Waals surface area contributed by atoms with Crippen LogP contribution in [0.4, 0.5) is 11.8 Å². The highest BCUT2D eigenvalue weighted by molar-refractivity contribution is 7.93. The molecule has 17 heavy (non-hydrogen) atoms. The lowest BCUT2D eigenvalue weighted by molar-refractivity contribution is 0.600. The predicted octanol–water partition coefficient (Wildman–Crippen LogP) is 0.235. The molecule has 8 heteroatoms. The molecule has 3 N–H and O–H groups in total. The molecule has 3 heterocycles. The lowest BCUT2D eigenvalue weighted by Crippen LogP contribution is -2.21. The summed E-state index contributed by atoms with van der Waals surface area (Å²) in [7, 11) is -3.67. The number of nitrogens with one attached hydrogen (secondary N) is 1. The summed E-state index contributed by atoms with van der Waals surface area (Å²) in [6, 6.07) is 3.41.